The quantitative estimate of drug-likeness (QED) is 0.257. The van der Waals surface area contributed by atoms with Gasteiger partial charge in [-0.05, 0) is 56.2 Å². The highest BCUT2D eigenvalue weighted by Crippen LogP contribution is 2.32. The maximum Gasteiger partial charge on any atom is 0.183 e. The number of hydrogen-bond acceptors (Lipinski definition) is 5. The third-order valence-electron chi connectivity index (χ3n) is 5.58. The molecule has 0 radical (unpaired) electrons. The zero-order valence-corrected chi connectivity index (χ0v) is 19.6. The Morgan fingerprint density at radius 3 is 2.58 bits per heavy atom. The highest BCUT2D eigenvalue weighted by Gasteiger charge is 2.34. The molecule has 0 saturated carbocycles. The maximum atomic E-state index is 13.5. The molecule has 2 N–H and O–H groups in total. The Labute approximate surface area is 194 Å². The number of hydrogen-bond donors (Lipinski definition) is 1. The Balaban J connectivity index is 1.88. The number of halogens is 1. The molecule has 0 aliphatic rings. The third kappa shape index (κ3) is 5.32. The van der Waals surface area contributed by atoms with Crippen molar-refractivity contribution in [3.05, 3.63) is 96.0 Å². The standard InChI is InChI=1S/C26H31FN4O2/c1-6-15-31(26(4,33-28)22-10-12-23(27)13-11-22)20(3)7-8-21-9-14-24(25(16-21)32-5)30-17-19(2)29-18-30/h7-14,16-18H,3,6,15,28H2,1-2,4-5H3/b8-7+. The van der Waals surface area contributed by atoms with Crippen LogP contribution in [-0.2, 0) is 10.6 Å². The fourth-order valence-corrected chi connectivity index (χ4v) is 3.75. The van der Waals surface area contributed by atoms with Crippen LogP contribution in [0, 0.1) is 12.7 Å². The van der Waals surface area contributed by atoms with Gasteiger partial charge in [-0.3, -0.25) is 4.84 Å². The second-order valence-electron chi connectivity index (χ2n) is 7.94. The molecule has 7 heteroatoms. The van der Waals surface area contributed by atoms with E-state index in [1.54, 1.807) is 25.6 Å². The van der Waals surface area contributed by atoms with Gasteiger partial charge in [-0.1, -0.05) is 37.8 Å². The number of allylic oxidation sites excluding steroid dienone is 1. The van der Waals surface area contributed by atoms with Crippen LogP contribution < -0.4 is 10.6 Å². The minimum absolute atomic E-state index is 0.317. The van der Waals surface area contributed by atoms with E-state index in [1.165, 1.54) is 12.1 Å². The highest BCUT2D eigenvalue weighted by atomic mass is 19.1. The monoisotopic (exact) mass is 450 g/mol. The van der Waals surface area contributed by atoms with E-state index >= 15 is 0 Å². The Morgan fingerprint density at radius 1 is 1.27 bits per heavy atom. The van der Waals surface area contributed by atoms with Crippen LogP contribution in [0.3, 0.4) is 0 Å². The van der Waals surface area contributed by atoms with E-state index in [0.717, 1.165) is 34.7 Å². The number of nitrogens with zero attached hydrogens (tertiary/aromatic N) is 3. The number of aromatic nitrogens is 2. The summed E-state index contributed by atoms with van der Waals surface area (Å²) in [5.41, 5.74) is 3.22. The first kappa shape index (κ1) is 24.2. The second kappa shape index (κ2) is 10.5. The molecule has 2 aromatic carbocycles. The number of methoxy groups -OCH3 is 1. The van der Waals surface area contributed by atoms with Gasteiger partial charge in [0.25, 0.3) is 0 Å². The van der Waals surface area contributed by atoms with Gasteiger partial charge in [-0.2, -0.15) is 0 Å². The molecule has 1 aromatic heterocycles. The van der Waals surface area contributed by atoms with Crippen LogP contribution in [0.25, 0.3) is 11.8 Å². The van der Waals surface area contributed by atoms with Gasteiger partial charge < -0.3 is 14.2 Å². The summed E-state index contributed by atoms with van der Waals surface area (Å²) >= 11 is 0. The molecular weight excluding hydrogens is 419 g/mol. The number of aryl methyl sites for hydroxylation is 1. The van der Waals surface area contributed by atoms with Crippen molar-refractivity contribution in [2.75, 3.05) is 13.7 Å². The van der Waals surface area contributed by atoms with E-state index in [4.69, 9.17) is 15.5 Å². The van der Waals surface area contributed by atoms with Crippen molar-refractivity contribution in [1.29, 1.82) is 0 Å². The number of imidazole rings is 1. The van der Waals surface area contributed by atoms with Crippen molar-refractivity contribution >= 4 is 6.08 Å². The molecule has 0 bridgehead atoms. The minimum atomic E-state index is -1.01. The summed E-state index contributed by atoms with van der Waals surface area (Å²) in [5.74, 6) is 6.15. The first-order chi connectivity index (χ1) is 15.8. The summed E-state index contributed by atoms with van der Waals surface area (Å²) in [5, 5.41) is 0. The van der Waals surface area contributed by atoms with Gasteiger partial charge in [-0.25, -0.2) is 15.3 Å². The summed E-state index contributed by atoms with van der Waals surface area (Å²) in [4.78, 5) is 11.7. The van der Waals surface area contributed by atoms with E-state index in [2.05, 4.69) is 18.5 Å². The van der Waals surface area contributed by atoms with Crippen molar-refractivity contribution in [3.8, 4) is 11.4 Å². The molecule has 3 aromatic rings. The summed E-state index contributed by atoms with van der Waals surface area (Å²) in [6.45, 7) is 10.7. The van der Waals surface area contributed by atoms with Crippen molar-refractivity contribution in [3.63, 3.8) is 0 Å². The van der Waals surface area contributed by atoms with Gasteiger partial charge in [0, 0.05) is 24.0 Å². The van der Waals surface area contributed by atoms with E-state index in [0.29, 0.717) is 12.2 Å². The molecule has 0 saturated heterocycles. The van der Waals surface area contributed by atoms with Gasteiger partial charge >= 0.3 is 0 Å². The molecule has 0 aliphatic heterocycles. The smallest absolute Gasteiger partial charge is 0.183 e. The minimum Gasteiger partial charge on any atom is -0.495 e. The summed E-state index contributed by atoms with van der Waals surface area (Å²) in [7, 11) is 1.64. The summed E-state index contributed by atoms with van der Waals surface area (Å²) < 4.78 is 21.0. The van der Waals surface area contributed by atoms with Gasteiger partial charge in [-0.15, -0.1) is 0 Å². The van der Waals surface area contributed by atoms with Crippen molar-refractivity contribution in [2.45, 2.75) is 32.9 Å². The topological polar surface area (TPSA) is 65.5 Å². The van der Waals surface area contributed by atoms with E-state index in [9.17, 15) is 4.39 Å². The zero-order valence-electron chi connectivity index (χ0n) is 19.6. The maximum absolute atomic E-state index is 13.5. The normalized spacial score (nSPS) is 13.2. The van der Waals surface area contributed by atoms with Crippen LogP contribution >= 0.6 is 0 Å². The van der Waals surface area contributed by atoms with Gasteiger partial charge in [0.1, 0.15) is 11.6 Å². The Kier molecular flexibility index (Phi) is 7.68. The average Bonchev–Trinajstić information content (AvgIpc) is 3.26. The third-order valence-corrected chi connectivity index (χ3v) is 5.58. The number of nitrogens with two attached hydrogens (primary N) is 1. The lowest BCUT2D eigenvalue weighted by molar-refractivity contribution is -0.139. The number of ether oxygens (including phenoxy) is 1. The van der Waals surface area contributed by atoms with Crippen LogP contribution in [0.1, 0.15) is 37.1 Å². The molecule has 6 nitrogen and oxygen atoms in total. The first-order valence-corrected chi connectivity index (χ1v) is 10.8. The molecule has 0 aliphatic carbocycles. The molecule has 3 rings (SSSR count). The summed E-state index contributed by atoms with van der Waals surface area (Å²) in [6, 6.07) is 12.1. The number of rotatable bonds is 10. The zero-order chi connectivity index (χ0) is 24.0. The average molecular weight is 451 g/mol. The Bertz CT molecular complexity index is 1120. The van der Waals surface area contributed by atoms with Crippen molar-refractivity contribution in [2.24, 2.45) is 5.90 Å². The largest absolute Gasteiger partial charge is 0.495 e. The molecule has 1 atom stereocenters. The molecular formula is C26H31FN4O2. The molecule has 0 fully saturated rings. The lowest BCUT2D eigenvalue weighted by atomic mass is 10.0. The second-order valence-corrected chi connectivity index (χ2v) is 7.94. The molecule has 1 heterocycles. The van der Waals surface area contributed by atoms with Crippen LogP contribution in [0.5, 0.6) is 5.75 Å². The van der Waals surface area contributed by atoms with E-state index in [1.807, 2.05) is 59.9 Å². The van der Waals surface area contributed by atoms with Crippen molar-refractivity contribution in [1.82, 2.24) is 14.5 Å². The van der Waals surface area contributed by atoms with E-state index in [-0.39, 0.29) is 5.82 Å². The van der Waals surface area contributed by atoms with Gasteiger partial charge in [0.2, 0.25) is 0 Å². The lowest BCUT2D eigenvalue weighted by Gasteiger charge is -2.41. The van der Waals surface area contributed by atoms with Crippen LogP contribution in [0.2, 0.25) is 0 Å². The highest BCUT2D eigenvalue weighted by molar-refractivity contribution is 5.60. The SMILES string of the molecule is C=C(/C=C/c1ccc(-n2cnc(C)c2)c(OC)c1)N(CCC)C(C)(ON)c1ccc(F)cc1. The van der Waals surface area contributed by atoms with Crippen molar-refractivity contribution < 1.29 is 14.0 Å². The van der Waals surface area contributed by atoms with Gasteiger partial charge in [0.05, 0.1) is 24.8 Å². The molecule has 0 spiro atoms. The van der Waals surface area contributed by atoms with Crippen LogP contribution in [-0.4, -0.2) is 28.1 Å². The number of benzene rings is 2. The lowest BCUT2D eigenvalue weighted by Crippen LogP contribution is -2.47. The first-order valence-electron chi connectivity index (χ1n) is 10.8. The van der Waals surface area contributed by atoms with E-state index < -0.39 is 5.72 Å². The van der Waals surface area contributed by atoms with Gasteiger partial charge in [0.15, 0.2) is 5.72 Å². The molecule has 33 heavy (non-hydrogen) atoms. The van der Waals surface area contributed by atoms with Crippen LogP contribution in [0.4, 0.5) is 4.39 Å². The molecule has 1 unspecified atom stereocenters. The molecule has 0 amide bonds. The molecule has 174 valence electrons. The Hall–Kier alpha value is -3.42. The fourth-order valence-electron chi connectivity index (χ4n) is 3.75. The van der Waals surface area contributed by atoms with Crippen LogP contribution in [0.15, 0.2) is 73.3 Å². The predicted molar refractivity (Wildman–Crippen MR) is 129 cm³/mol. The predicted octanol–water partition coefficient (Wildman–Crippen LogP) is 5.33. The Morgan fingerprint density at radius 2 is 2.00 bits per heavy atom. The fraction of sp³-hybridized carbons (Fsp3) is 0.269. The summed E-state index contributed by atoms with van der Waals surface area (Å²) in [6.07, 6.45) is 8.42.